The quantitative estimate of drug-likeness (QED) is 0.673. The Morgan fingerprint density at radius 3 is 2.42 bits per heavy atom. The van der Waals surface area contributed by atoms with Crippen LogP contribution in [0.5, 0.6) is 0 Å². The molecule has 0 aliphatic carbocycles. The van der Waals surface area contributed by atoms with Gasteiger partial charge >= 0.3 is 6.18 Å². The molecule has 1 fully saturated rings. The zero-order valence-corrected chi connectivity index (χ0v) is 12.5. The minimum absolute atomic E-state index is 0.151. The number of piperidine rings is 1. The predicted octanol–water partition coefficient (Wildman–Crippen LogP) is 5.01. The number of halogens is 5. The molecule has 2 rings (SSSR count). The van der Waals surface area contributed by atoms with Gasteiger partial charge < -0.3 is 4.90 Å². The molecule has 1 nitrogen and oxygen atoms in total. The molecule has 0 atom stereocenters. The van der Waals surface area contributed by atoms with E-state index in [-0.39, 0.29) is 12.8 Å². The molecule has 0 radical (unpaired) electrons. The molecule has 0 spiro atoms. The van der Waals surface area contributed by atoms with E-state index in [0.717, 1.165) is 11.3 Å². The number of rotatable bonds is 2. The molecular weight excluding hydrogens is 343 g/mol. The van der Waals surface area contributed by atoms with Gasteiger partial charge in [0.15, 0.2) is 0 Å². The summed E-state index contributed by atoms with van der Waals surface area (Å²) in [7, 11) is 0. The molecule has 19 heavy (non-hydrogen) atoms. The summed E-state index contributed by atoms with van der Waals surface area (Å²) in [6.07, 6.45) is -3.77. The number of anilines is 1. The molecule has 1 saturated heterocycles. The molecule has 106 valence electrons. The summed E-state index contributed by atoms with van der Waals surface area (Å²) in [5.74, 6) is -1.17. The van der Waals surface area contributed by atoms with E-state index in [1.165, 1.54) is 0 Å². The number of hydrogen-bond acceptors (Lipinski definition) is 1. The molecule has 0 aromatic heterocycles. The molecule has 0 unspecified atom stereocenters. The van der Waals surface area contributed by atoms with E-state index in [0.29, 0.717) is 23.4 Å². The van der Waals surface area contributed by atoms with Crippen LogP contribution in [0.15, 0.2) is 18.2 Å². The van der Waals surface area contributed by atoms with Gasteiger partial charge in [0.25, 0.3) is 0 Å². The van der Waals surface area contributed by atoms with Crippen LogP contribution in [0.2, 0.25) is 5.02 Å². The van der Waals surface area contributed by atoms with Crippen molar-refractivity contribution in [2.24, 2.45) is 5.92 Å². The van der Waals surface area contributed by atoms with Gasteiger partial charge in [0, 0.05) is 29.1 Å². The van der Waals surface area contributed by atoms with Gasteiger partial charge in [0.2, 0.25) is 0 Å². The zero-order valence-electron chi connectivity index (χ0n) is 10.2. The van der Waals surface area contributed by atoms with Crippen molar-refractivity contribution in [1.82, 2.24) is 0 Å². The summed E-state index contributed by atoms with van der Waals surface area (Å²) in [6, 6.07) is 5.53. The second kappa shape index (κ2) is 5.92. The normalized spacial score (nSPS) is 17.8. The second-order valence-electron chi connectivity index (χ2n) is 4.71. The maximum Gasteiger partial charge on any atom is 0.391 e. The highest BCUT2D eigenvalue weighted by molar-refractivity contribution is 9.08. The van der Waals surface area contributed by atoms with Crippen molar-refractivity contribution < 1.29 is 13.2 Å². The summed E-state index contributed by atoms with van der Waals surface area (Å²) in [6.45, 7) is 0.842. The van der Waals surface area contributed by atoms with E-state index in [1.807, 2.05) is 17.0 Å². The lowest BCUT2D eigenvalue weighted by Gasteiger charge is -2.35. The topological polar surface area (TPSA) is 3.24 Å². The average molecular weight is 357 g/mol. The van der Waals surface area contributed by atoms with Gasteiger partial charge in [-0.3, -0.25) is 0 Å². The standard InChI is InChI=1S/C13H14BrClF3N/c14-8-9-1-2-11(15)7-12(9)19-5-3-10(4-6-19)13(16,17)18/h1-2,7,10H,3-6,8H2. The Morgan fingerprint density at radius 1 is 1.26 bits per heavy atom. The third-order valence-corrected chi connectivity index (χ3v) is 4.33. The number of nitrogens with zero attached hydrogens (tertiary/aromatic N) is 1. The molecule has 0 amide bonds. The highest BCUT2D eigenvalue weighted by atomic mass is 79.9. The maximum absolute atomic E-state index is 12.6. The third kappa shape index (κ3) is 3.57. The van der Waals surface area contributed by atoms with E-state index < -0.39 is 12.1 Å². The van der Waals surface area contributed by atoms with Crippen molar-refractivity contribution >= 4 is 33.2 Å². The van der Waals surface area contributed by atoms with E-state index in [4.69, 9.17) is 11.6 Å². The van der Waals surface area contributed by atoms with E-state index in [2.05, 4.69) is 15.9 Å². The maximum atomic E-state index is 12.6. The molecule has 1 heterocycles. The highest BCUT2D eigenvalue weighted by Gasteiger charge is 2.41. The Bertz CT molecular complexity index is 442. The first-order valence-electron chi connectivity index (χ1n) is 6.08. The summed E-state index contributed by atoms with van der Waals surface area (Å²) < 4.78 is 37.9. The Labute approximate surface area is 123 Å². The van der Waals surface area contributed by atoms with Gasteiger partial charge in [-0.2, -0.15) is 13.2 Å². The van der Waals surface area contributed by atoms with Crippen molar-refractivity contribution in [1.29, 1.82) is 0 Å². The van der Waals surface area contributed by atoms with Crippen LogP contribution in [0.1, 0.15) is 18.4 Å². The zero-order chi connectivity index (χ0) is 14.0. The van der Waals surface area contributed by atoms with E-state index in [1.54, 1.807) is 6.07 Å². The summed E-state index contributed by atoms with van der Waals surface area (Å²) in [5, 5.41) is 1.27. The molecule has 0 saturated carbocycles. The van der Waals surface area contributed by atoms with Gasteiger partial charge in [-0.15, -0.1) is 0 Å². The third-order valence-electron chi connectivity index (χ3n) is 3.49. The van der Waals surface area contributed by atoms with E-state index >= 15 is 0 Å². The largest absolute Gasteiger partial charge is 0.391 e. The molecule has 0 N–H and O–H groups in total. The van der Waals surface area contributed by atoms with Crippen molar-refractivity contribution in [2.75, 3.05) is 18.0 Å². The Kier molecular flexibility index (Phi) is 4.66. The van der Waals surface area contributed by atoms with Crippen LogP contribution < -0.4 is 4.90 Å². The lowest BCUT2D eigenvalue weighted by atomic mass is 9.95. The van der Waals surface area contributed by atoms with Crippen LogP contribution in [-0.4, -0.2) is 19.3 Å². The smallest absolute Gasteiger partial charge is 0.371 e. The molecule has 6 heteroatoms. The first-order valence-corrected chi connectivity index (χ1v) is 7.58. The molecule has 1 aromatic rings. The molecule has 1 aromatic carbocycles. The minimum Gasteiger partial charge on any atom is -0.371 e. The van der Waals surface area contributed by atoms with Crippen LogP contribution in [0.3, 0.4) is 0 Å². The first-order chi connectivity index (χ1) is 8.91. The fourth-order valence-corrected chi connectivity index (χ4v) is 3.03. The number of hydrogen-bond donors (Lipinski definition) is 0. The van der Waals surface area contributed by atoms with Crippen molar-refractivity contribution in [2.45, 2.75) is 24.3 Å². The van der Waals surface area contributed by atoms with Crippen molar-refractivity contribution in [3.63, 3.8) is 0 Å². The Balaban J connectivity index is 2.11. The van der Waals surface area contributed by atoms with Gasteiger partial charge in [-0.05, 0) is 30.5 Å². The second-order valence-corrected chi connectivity index (χ2v) is 5.71. The summed E-state index contributed by atoms with van der Waals surface area (Å²) in [5.41, 5.74) is 1.99. The Hall–Kier alpha value is -0.420. The van der Waals surface area contributed by atoms with Crippen molar-refractivity contribution in [3.8, 4) is 0 Å². The van der Waals surface area contributed by atoms with Gasteiger partial charge in [-0.1, -0.05) is 33.6 Å². The van der Waals surface area contributed by atoms with E-state index in [9.17, 15) is 13.2 Å². The van der Waals surface area contributed by atoms with Gasteiger partial charge in [0.1, 0.15) is 0 Å². The van der Waals surface area contributed by atoms with Crippen LogP contribution in [0, 0.1) is 5.92 Å². The average Bonchev–Trinajstić information content (AvgIpc) is 2.38. The van der Waals surface area contributed by atoms with Gasteiger partial charge in [-0.25, -0.2) is 0 Å². The fraction of sp³-hybridized carbons (Fsp3) is 0.538. The summed E-state index contributed by atoms with van der Waals surface area (Å²) in [4.78, 5) is 1.99. The molecular formula is C13H14BrClF3N. The van der Waals surface area contributed by atoms with Crippen LogP contribution in [0.4, 0.5) is 18.9 Å². The lowest BCUT2D eigenvalue weighted by Crippen LogP contribution is -2.39. The minimum atomic E-state index is -4.07. The van der Waals surface area contributed by atoms with Gasteiger partial charge in [0.05, 0.1) is 5.92 Å². The van der Waals surface area contributed by atoms with Crippen LogP contribution >= 0.6 is 27.5 Å². The fourth-order valence-electron chi connectivity index (χ4n) is 2.39. The predicted molar refractivity (Wildman–Crippen MR) is 75.1 cm³/mol. The Morgan fingerprint density at radius 2 is 1.89 bits per heavy atom. The first kappa shape index (κ1) is 15.0. The number of benzene rings is 1. The monoisotopic (exact) mass is 355 g/mol. The molecule has 1 aliphatic rings. The molecule has 0 bridgehead atoms. The summed E-state index contributed by atoms with van der Waals surface area (Å²) >= 11 is 9.37. The SMILES string of the molecule is FC(F)(F)C1CCN(c2cc(Cl)ccc2CBr)CC1. The lowest BCUT2D eigenvalue weighted by molar-refractivity contribution is -0.179. The number of alkyl halides is 4. The van der Waals surface area contributed by atoms with Crippen molar-refractivity contribution in [3.05, 3.63) is 28.8 Å². The highest BCUT2D eigenvalue weighted by Crippen LogP contribution is 2.36. The van der Waals surface area contributed by atoms with Crippen LogP contribution in [-0.2, 0) is 5.33 Å². The van der Waals surface area contributed by atoms with Crippen LogP contribution in [0.25, 0.3) is 0 Å². The molecule has 1 aliphatic heterocycles.